The van der Waals surface area contributed by atoms with Crippen molar-refractivity contribution in [2.45, 2.75) is 55.0 Å². The van der Waals surface area contributed by atoms with Crippen molar-refractivity contribution in [3.63, 3.8) is 0 Å². The van der Waals surface area contributed by atoms with Crippen molar-refractivity contribution in [2.24, 2.45) is 0 Å². The average molecular weight is 719 g/mol. The fraction of sp³-hybridized carbons (Fsp3) is 0.522. The molecule has 4 bridgehead atoms. The number of aromatic nitrogens is 7. The van der Waals surface area contributed by atoms with Gasteiger partial charge >= 0.3 is 14.5 Å². The molecule has 24 heteroatoms. The number of aromatic amines is 1. The van der Waals surface area contributed by atoms with Crippen LogP contribution in [0.15, 0.2) is 30.0 Å². The van der Waals surface area contributed by atoms with Gasteiger partial charge in [-0.1, -0.05) is 0 Å². The zero-order valence-electron chi connectivity index (χ0n) is 23.6. The van der Waals surface area contributed by atoms with E-state index in [9.17, 15) is 28.6 Å². The Balaban J connectivity index is 1.11. The van der Waals surface area contributed by atoms with E-state index in [1.54, 1.807) is 0 Å². The first-order valence-electron chi connectivity index (χ1n) is 14.0. The fourth-order valence-electron chi connectivity index (χ4n) is 6.34. The van der Waals surface area contributed by atoms with E-state index in [0.29, 0.717) is 11.2 Å². The molecule has 4 fully saturated rings. The van der Waals surface area contributed by atoms with Crippen LogP contribution in [0.1, 0.15) is 18.9 Å². The van der Waals surface area contributed by atoms with E-state index in [1.807, 2.05) is 0 Å². The van der Waals surface area contributed by atoms with Crippen LogP contribution >= 0.6 is 14.5 Å². The van der Waals surface area contributed by atoms with Crippen LogP contribution in [0.4, 0.5) is 10.2 Å². The lowest BCUT2D eigenvalue weighted by molar-refractivity contribution is -0.176. The maximum atomic E-state index is 14.8. The summed E-state index contributed by atoms with van der Waals surface area (Å²) >= 11 is 5.26. The summed E-state index contributed by atoms with van der Waals surface area (Å²) in [4.78, 5) is 52.9. The van der Waals surface area contributed by atoms with Gasteiger partial charge in [-0.3, -0.25) is 22.9 Å². The van der Waals surface area contributed by atoms with Gasteiger partial charge in [0.15, 0.2) is 35.4 Å². The highest BCUT2D eigenvalue weighted by atomic mass is 32.5. The van der Waals surface area contributed by atoms with Gasteiger partial charge < -0.3 is 48.9 Å². The number of nitrogens with two attached hydrogens (primary N) is 1. The Bertz CT molecular complexity index is 2050. The van der Waals surface area contributed by atoms with Gasteiger partial charge in [-0.15, -0.1) is 0 Å². The number of ether oxygens (including phenoxy) is 3. The van der Waals surface area contributed by atoms with Gasteiger partial charge in [-0.25, -0.2) is 28.9 Å². The molecule has 10 atom stereocenters. The predicted octanol–water partition coefficient (Wildman–Crippen LogP) is -0.265. The molecule has 4 aliphatic rings. The molecule has 0 radical (unpaired) electrons. The molecular weight excluding hydrogens is 693 g/mol. The lowest BCUT2D eigenvalue weighted by Gasteiger charge is -2.33. The highest BCUT2D eigenvalue weighted by Gasteiger charge is 2.65. The molecular formula is C23H25FN8O12P2S. The lowest BCUT2D eigenvalue weighted by Crippen LogP contribution is -2.43. The minimum atomic E-state index is -4.94. The summed E-state index contributed by atoms with van der Waals surface area (Å²) in [5, 5.41) is 10.8. The quantitative estimate of drug-likeness (QED) is 0.167. The molecule has 0 saturated carbocycles. The summed E-state index contributed by atoms with van der Waals surface area (Å²) in [6.07, 6.45) is -4.75. The third-order valence-corrected chi connectivity index (χ3v) is 11.0. The minimum absolute atomic E-state index is 0.0906. The maximum absolute atomic E-state index is 14.8. The van der Waals surface area contributed by atoms with Crippen molar-refractivity contribution in [1.82, 2.24) is 34.1 Å². The number of aliphatic hydroxyl groups is 1. The minimum Gasteiger partial charge on any atom is -0.387 e. The number of nitrogen functional groups attached to an aromatic ring is 1. The summed E-state index contributed by atoms with van der Waals surface area (Å²) in [5.74, 6) is -0.826. The summed E-state index contributed by atoms with van der Waals surface area (Å²) in [6.45, 7) is -5.36. The number of rotatable bonds is 2. The van der Waals surface area contributed by atoms with Crippen LogP contribution in [0.25, 0.3) is 22.2 Å². The van der Waals surface area contributed by atoms with E-state index in [0.717, 1.165) is 17.1 Å². The highest BCUT2D eigenvalue weighted by molar-refractivity contribution is 8.07. The monoisotopic (exact) mass is 718 g/mol. The predicted molar refractivity (Wildman–Crippen MR) is 155 cm³/mol. The molecule has 4 aromatic heterocycles. The normalized spacial score (nSPS) is 39.4. The Morgan fingerprint density at radius 2 is 1.94 bits per heavy atom. The Morgan fingerprint density at radius 3 is 2.77 bits per heavy atom. The third kappa shape index (κ3) is 5.16. The van der Waals surface area contributed by atoms with E-state index in [2.05, 4.69) is 24.9 Å². The lowest BCUT2D eigenvalue weighted by atomic mass is 9.96. The van der Waals surface area contributed by atoms with Crippen molar-refractivity contribution < 1.29 is 56.2 Å². The number of nitrogens with zero attached hydrogens (tertiary/aromatic N) is 6. The number of phosphoric acid groups is 1. The van der Waals surface area contributed by atoms with Crippen LogP contribution in [0, 0.1) is 5.82 Å². The third-order valence-electron chi connectivity index (χ3n) is 8.47. The van der Waals surface area contributed by atoms with Crippen LogP contribution < -0.4 is 11.3 Å². The molecule has 4 aromatic rings. The first-order valence-corrected chi connectivity index (χ1v) is 18.1. The largest absolute Gasteiger partial charge is 0.472 e. The molecule has 0 spiro atoms. The second kappa shape index (κ2) is 11.1. The molecule has 6 N–H and O–H groups in total. The van der Waals surface area contributed by atoms with Crippen molar-refractivity contribution >= 4 is 54.4 Å². The highest BCUT2D eigenvalue weighted by Crippen LogP contribution is 2.57. The van der Waals surface area contributed by atoms with Crippen LogP contribution in [-0.4, -0.2) is 105 Å². The molecule has 8 heterocycles. The Labute approximate surface area is 266 Å². The average Bonchev–Trinajstić information content (AvgIpc) is 3.80. The Kier molecular flexibility index (Phi) is 7.43. The van der Waals surface area contributed by atoms with E-state index in [4.69, 9.17) is 49.8 Å². The summed E-state index contributed by atoms with van der Waals surface area (Å²) in [6, 6.07) is 0. The van der Waals surface area contributed by atoms with Crippen molar-refractivity contribution in [3.05, 3.63) is 41.3 Å². The van der Waals surface area contributed by atoms with Crippen LogP contribution in [0.5, 0.6) is 0 Å². The summed E-state index contributed by atoms with van der Waals surface area (Å²) < 4.78 is 71.3. The molecule has 252 valence electrons. The number of fused-ring (bicyclic) bond motifs is 4. The topological polar surface area (TPSA) is 263 Å². The van der Waals surface area contributed by atoms with E-state index in [1.165, 1.54) is 17.2 Å². The molecule has 0 aromatic carbocycles. The number of hydrogen-bond donors (Lipinski definition) is 5. The summed E-state index contributed by atoms with van der Waals surface area (Å²) in [5.41, 5.74) is 4.17. The second-order valence-electron chi connectivity index (χ2n) is 11.2. The number of anilines is 1. The molecule has 4 aliphatic heterocycles. The zero-order valence-corrected chi connectivity index (χ0v) is 26.2. The van der Waals surface area contributed by atoms with Gasteiger partial charge in [0.2, 0.25) is 0 Å². The SMILES string of the molecule is Nc1ncnc2c1ncn2[C@@H]1O[C@]23CCOP(O)(=S)O[C@@H]4[C@H](O)[C@@H](COP(=O)(O)O[C@H]2[C@H]1OC3)O[C@H]4n1cc(F)c2c(=O)[nH]cnc21. The summed E-state index contributed by atoms with van der Waals surface area (Å²) in [7, 11) is -4.94. The molecule has 20 nitrogen and oxygen atoms in total. The maximum Gasteiger partial charge on any atom is 0.472 e. The number of aliphatic hydroxyl groups excluding tert-OH is 1. The van der Waals surface area contributed by atoms with Gasteiger partial charge in [0, 0.05) is 12.6 Å². The number of nitrogens with one attached hydrogen (secondary N) is 1. The number of halogens is 1. The van der Waals surface area contributed by atoms with Gasteiger partial charge in [0.1, 0.15) is 53.4 Å². The Hall–Kier alpha value is -2.82. The number of imidazole rings is 1. The van der Waals surface area contributed by atoms with Gasteiger partial charge in [0.25, 0.3) is 5.56 Å². The molecule has 8 rings (SSSR count). The fourth-order valence-corrected chi connectivity index (χ4v) is 8.78. The molecule has 4 saturated heterocycles. The van der Waals surface area contributed by atoms with Gasteiger partial charge in [0.05, 0.1) is 32.5 Å². The first-order chi connectivity index (χ1) is 22.4. The van der Waals surface area contributed by atoms with Crippen LogP contribution in [0.3, 0.4) is 0 Å². The Morgan fingerprint density at radius 1 is 1.11 bits per heavy atom. The molecule has 0 aliphatic carbocycles. The molecule has 0 amide bonds. The number of phosphoric ester groups is 1. The van der Waals surface area contributed by atoms with Crippen LogP contribution in [0.2, 0.25) is 0 Å². The van der Waals surface area contributed by atoms with E-state index < -0.39 is 86.5 Å². The smallest absolute Gasteiger partial charge is 0.387 e. The van der Waals surface area contributed by atoms with Gasteiger partial charge in [-0.2, -0.15) is 0 Å². The van der Waals surface area contributed by atoms with E-state index >= 15 is 0 Å². The van der Waals surface area contributed by atoms with Gasteiger partial charge in [-0.05, 0) is 11.8 Å². The molecule has 2 unspecified atom stereocenters. The number of hydrogen-bond acceptors (Lipinski definition) is 16. The second-order valence-corrected chi connectivity index (χ2v) is 15.4. The molecule has 47 heavy (non-hydrogen) atoms. The zero-order chi connectivity index (χ0) is 32.9. The van der Waals surface area contributed by atoms with Crippen molar-refractivity contribution in [2.75, 3.05) is 25.6 Å². The van der Waals surface area contributed by atoms with Crippen LogP contribution in [-0.2, 0) is 48.7 Å². The first kappa shape index (κ1) is 31.4. The van der Waals surface area contributed by atoms with Crippen molar-refractivity contribution in [3.8, 4) is 0 Å². The van der Waals surface area contributed by atoms with E-state index in [-0.39, 0.29) is 31.1 Å². The number of H-pyrrole nitrogens is 1. The standard InChI is InChI=1S/C23H25FN8O12P2S/c24-9-3-31(18-11(9)20(34)29-7-27-18)21-14-13(33)10(41-21)4-40-45(35,36)44-16-15-22(32-8-30-12-17(25)26-6-28-19(12)32)42-23(16,5-38-15)1-2-39-46(37,47)43-14/h3,6-8,10,13-16,21-22,33H,1-2,4-5H2,(H,35,36)(H,37,47)(H2,25,26,28)(H,27,29,34)/t10-,13-,14-,15-,16+,21-,22-,23+,46?/m1/s1. The van der Waals surface area contributed by atoms with Crippen molar-refractivity contribution in [1.29, 1.82) is 0 Å².